The number of nitrogens with zero attached hydrogens (tertiary/aromatic N) is 4. The molecule has 1 aliphatic rings. The number of aromatic nitrogens is 4. The Labute approximate surface area is 190 Å². The molecule has 2 aromatic rings. The number of aliphatic hydroxyl groups is 2. The summed E-state index contributed by atoms with van der Waals surface area (Å²) in [6.45, 7) is -0.935. The molecular formula is C12H21N6O13P3. The zero-order valence-corrected chi connectivity index (χ0v) is 20.0. The lowest BCUT2D eigenvalue weighted by Gasteiger charge is -2.19. The largest absolute Gasteiger partial charge is 0.490 e. The molecule has 0 bridgehead atoms. The van der Waals surface area contributed by atoms with Gasteiger partial charge in [0.2, 0.25) is 5.95 Å². The van der Waals surface area contributed by atoms with Crippen molar-refractivity contribution in [1.29, 1.82) is 0 Å². The van der Waals surface area contributed by atoms with E-state index in [-0.39, 0.29) is 22.9 Å². The van der Waals surface area contributed by atoms with Gasteiger partial charge in [0, 0.05) is 14.2 Å². The molecular weight excluding hydrogens is 529 g/mol. The first kappa shape index (κ1) is 27.0. The monoisotopic (exact) mass is 550 g/mol. The molecule has 19 nitrogen and oxygen atoms in total. The van der Waals surface area contributed by atoms with Gasteiger partial charge in [-0.2, -0.15) is 18.6 Å². The van der Waals surface area contributed by atoms with Crippen LogP contribution in [0.15, 0.2) is 6.33 Å². The summed E-state index contributed by atoms with van der Waals surface area (Å²) >= 11 is 0. The molecule has 0 saturated carbocycles. The van der Waals surface area contributed by atoms with E-state index in [1.54, 1.807) is 7.05 Å². The van der Waals surface area contributed by atoms with Gasteiger partial charge in [0.1, 0.15) is 18.3 Å². The fourth-order valence-corrected chi connectivity index (χ4v) is 6.16. The summed E-state index contributed by atoms with van der Waals surface area (Å²) in [4.78, 5) is 40.1. The second-order valence-electron chi connectivity index (χ2n) is 6.60. The van der Waals surface area contributed by atoms with Gasteiger partial charge >= 0.3 is 23.5 Å². The van der Waals surface area contributed by atoms with Crippen LogP contribution in [0.2, 0.25) is 0 Å². The predicted molar refractivity (Wildman–Crippen MR) is 110 cm³/mol. The number of hydrogen-bond donors (Lipinski definition) is 7. The molecule has 0 spiro atoms. The molecule has 22 heteroatoms. The summed E-state index contributed by atoms with van der Waals surface area (Å²) in [6, 6.07) is 0. The zero-order chi connectivity index (χ0) is 25.5. The van der Waals surface area contributed by atoms with Gasteiger partial charge in [0.05, 0.1) is 12.9 Å². The Hall–Kier alpha value is -1.56. The Bertz CT molecular complexity index is 1190. The van der Waals surface area contributed by atoms with Crippen molar-refractivity contribution in [2.75, 3.05) is 31.8 Å². The Morgan fingerprint density at radius 3 is 2.38 bits per heavy atom. The van der Waals surface area contributed by atoms with Crippen molar-refractivity contribution >= 4 is 46.4 Å². The minimum absolute atomic E-state index is 0.124. The van der Waals surface area contributed by atoms with Crippen LogP contribution in [0.25, 0.3) is 11.2 Å². The Morgan fingerprint density at radius 2 is 1.76 bits per heavy atom. The molecule has 4 unspecified atom stereocenters. The Kier molecular flexibility index (Phi) is 7.82. The molecule has 0 radical (unpaired) electrons. The number of nitrogen functional groups attached to an aromatic ring is 1. The SMILES string of the molecule is CNc1nc(N)nc2c1ncn2[C@@H]1O[C@H](COP(=O)(O)OP(=O)(O)OP(=O)(O)OC)C(O)[C@@H]1O. The van der Waals surface area contributed by atoms with Crippen LogP contribution in [0.5, 0.6) is 0 Å². The summed E-state index contributed by atoms with van der Waals surface area (Å²) in [5, 5.41) is 23.5. The first-order valence-electron chi connectivity index (χ1n) is 8.99. The third kappa shape index (κ3) is 5.98. The molecule has 34 heavy (non-hydrogen) atoms. The van der Waals surface area contributed by atoms with Crippen molar-refractivity contribution in [3.63, 3.8) is 0 Å². The van der Waals surface area contributed by atoms with Crippen molar-refractivity contribution < 1.29 is 61.0 Å². The van der Waals surface area contributed by atoms with E-state index >= 15 is 0 Å². The molecule has 0 aliphatic carbocycles. The topological polar surface area (TPSA) is 280 Å². The van der Waals surface area contributed by atoms with Gasteiger partial charge in [0.15, 0.2) is 23.2 Å². The molecule has 2 aromatic heterocycles. The van der Waals surface area contributed by atoms with E-state index < -0.39 is 54.6 Å². The lowest BCUT2D eigenvalue weighted by Crippen LogP contribution is -2.33. The minimum atomic E-state index is -5.61. The molecule has 8 N–H and O–H groups in total. The summed E-state index contributed by atoms with van der Waals surface area (Å²) in [7, 11) is -13.8. The van der Waals surface area contributed by atoms with Crippen LogP contribution in [-0.4, -0.2) is 83.5 Å². The van der Waals surface area contributed by atoms with Crippen molar-refractivity contribution in [2.45, 2.75) is 24.5 Å². The molecule has 1 aliphatic heterocycles. The van der Waals surface area contributed by atoms with E-state index in [1.165, 1.54) is 10.9 Å². The van der Waals surface area contributed by atoms with Crippen LogP contribution < -0.4 is 11.1 Å². The minimum Gasteiger partial charge on any atom is -0.387 e. The highest BCUT2D eigenvalue weighted by Crippen LogP contribution is 2.67. The van der Waals surface area contributed by atoms with Crippen molar-refractivity contribution in [2.24, 2.45) is 0 Å². The Balaban J connectivity index is 1.72. The molecule has 0 amide bonds. The van der Waals surface area contributed by atoms with E-state index in [4.69, 9.17) is 15.4 Å². The summed E-state index contributed by atoms with van der Waals surface area (Å²) in [5.74, 6) is 0.158. The van der Waals surface area contributed by atoms with Gasteiger partial charge in [-0.15, -0.1) is 0 Å². The highest BCUT2D eigenvalue weighted by Gasteiger charge is 2.47. The maximum atomic E-state index is 12.0. The fourth-order valence-electron chi connectivity index (χ4n) is 2.89. The van der Waals surface area contributed by atoms with Gasteiger partial charge in [-0.1, -0.05) is 0 Å². The van der Waals surface area contributed by atoms with E-state index in [9.17, 15) is 33.7 Å². The van der Waals surface area contributed by atoms with Gasteiger partial charge in [-0.05, 0) is 0 Å². The number of phosphoric acid groups is 3. The van der Waals surface area contributed by atoms with E-state index in [0.717, 1.165) is 0 Å². The molecule has 3 heterocycles. The number of imidazole rings is 1. The number of fused-ring (bicyclic) bond motifs is 1. The van der Waals surface area contributed by atoms with Crippen LogP contribution in [0.3, 0.4) is 0 Å². The maximum Gasteiger partial charge on any atom is 0.490 e. The number of nitrogens with one attached hydrogen (secondary N) is 1. The second kappa shape index (κ2) is 9.83. The summed E-state index contributed by atoms with van der Waals surface area (Å²) in [5.41, 5.74) is 6.07. The third-order valence-corrected chi connectivity index (χ3v) is 8.57. The van der Waals surface area contributed by atoms with Crippen LogP contribution in [-0.2, 0) is 36.1 Å². The number of anilines is 2. The van der Waals surface area contributed by atoms with Gasteiger partial charge in [0.25, 0.3) is 0 Å². The number of phosphoric ester groups is 2. The number of ether oxygens (including phenoxy) is 1. The third-order valence-electron chi connectivity index (χ3n) is 4.33. The fraction of sp³-hybridized carbons (Fsp3) is 0.583. The first-order valence-corrected chi connectivity index (χ1v) is 13.5. The Morgan fingerprint density at radius 1 is 1.12 bits per heavy atom. The molecule has 7 atom stereocenters. The summed E-state index contributed by atoms with van der Waals surface area (Å²) < 4.78 is 57.7. The first-order chi connectivity index (χ1) is 15.7. The number of hydrogen-bond acceptors (Lipinski definition) is 15. The smallest absolute Gasteiger partial charge is 0.387 e. The van der Waals surface area contributed by atoms with E-state index in [0.29, 0.717) is 7.11 Å². The maximum absolute atomic E-state index is 12.0. The number of rotatable bonds is 10. The van der Waals surface area contributed by atoms with Gasteiger partial charge in [-0.3, -0.25) is 13.6 Å². The van der Waals surface area contributed by atoms with Crippen molar-refractivity contribution in [3.8, 4) is 0 Å². The lowest BCUT2D eigenvalue weighted by molar-refractivity contribution is -0.0503. The quantitative estimate of drug-likeness (QED) is 0.176. The van der Waals surface area contributed by atoms with Crippen molar-refractivity contribution in [1.82, 2.24) is 19.5 Å². The van der Waals surface area contributed by atoms with Crippen molar-refractivity contribution in [3.05, 3.63) is 6.33 Å². The van der Waals surface area contributed by atoms with Crippen LogP contribution >= 0.6 is 23.5 Å². The second-order valence-corrected chi connectivity index (χ2v) is 11.3. The highest BCUT2D eigenvalue weighted by molar-refractivity contribution is 7.66. The number of aliphatic hydroxyl groups excluding tert-OH is 2. The predicted octanol–water partition coefficient (Wildman–Crippen LogP) is -0.933. The number of nitrogens with two attached hydrogens (primary N) is 1. The standard InChI is InChI=1S/C12H21N6O13P3/c1-14-9-6-10(17-12(13)16-9)18(4-15-6)11-8(20)7(19)5(29-11)3-28-33(23,24)31-34(25,26)30-32(21,22)27-2/h4-5,7-8,11,19-20H,3H2,1-2H3,(H,21,22)(H,23,24)(H,25,26)(H3,13,14,16,17)/t5-,7?,8+,11-/m1/s1. The van der Waals surface area contributed by atoms with Gasteiger partial charge in [-0.25, -0.2) is 18.7 Å². The molecule has 1 fully saturated rings. The highest BCUT2D eigenvalue weighted by atomic mass is 31.3. The van der Waals surface area contributed by atoms with Crippen LogP contribution in [0.1, 0.15) is 6.23 Å². The summed E-state index contributed by atoms with van der Waals surface area (Å²) in [6.07, 6.45) is -4.80. The average Bonchev–Trinajstić information content (AvgIpc) is 3.25. The van der Waals surface area contributed by atoms with E-state index in [2.05, 4.69) is 37.9 Å². The average molecular weight is 550 g/mol. The normalized spacial score (nSPS) is 28.3. The van der Waals surface area contributed by atoms with Gasteiger partial charge < -0.3 is 40.7 Å². The molecule has 1 saturated heterocycles. The van der Waals surface area contributed by atoms with Crippen LogP contribution in [0.4, 0.5) is 11.8 Å². The lowest BCUT2D eigenvalue weighted by atomic mass is 10.1. The zero-order valence-electron chi connectivity index (χ0n) is 17.3. The molecule has 0 aromatic carbocycles. The molecule has 192 valence electrons. The van der Waals surface area contributed by atoms with E-state index in [1.807, 2.05) is 0 Å². The van der Waals surface area contributed by atoms with Crippen LogP contribution in [0, 0.1) is 0 Å². The molecule has 3 rings (SSSR count).